The molecule has 1 amide bonds. The molecule has 0 aliphatic rings. The molecule has 1 atom stereocenters. The van der Waals surface area contributed by atoms with Gasteiger partial charge < -0.3 is 5.32 Å². The van der Waals surface area contributed by atoms with Crippen LogP contribution in [0, 0.1) is 11.7 Å². The fourth-order valence-corrected chi connectivity index (χ4v) is 1.85. The first-order valence-corrected chi connectivity index (χ1v) is 6.56. The summed E-state index contributed by atoms with van der Waals surface area (Å²) >= 11 is 0. The zero-order valence-corrected chi connectivity index (χ0v) is 11.4. The molecule has 0 fully saturated rings. The Morgan fingerprint density at radius 2 is 1.89 bits per heavy atom. The van der Waals surface area contributed by atoms with E-state index in [1.165, 1.54) is 12.1 Å². The lowest BCUT2D eigenvalue weighted by molar-refractivity contribution is 0.0933. The predicted molar refractivity (Wildman–Crippen MR) is 72.0 cm³/mol. The molecular formula is C15H22FNO. The first kappa shape index (κ1) is 14.7. The van der Waals surface area contributed by atoms with E-state index in [4.69, 9.17) is 0 Å². The molecule has 0 aliphatic heterocycles. The second kappa shape index (κ2) is 7.14. The van der Waals surface area contributed by atoms with Crippen molar-refractivity contribution >= 4 is 5.91 Å². The first-order valence-electron chi connectivity index (χ1n) is 6.56. The molecule has 1 aromatic rings. The van der Waals surface area contributed by atoms with Gasteiger partial charge in [-0.2, -0.15) is 0 Å². The quantitative estimate of drug-likeness (QED) is 0.819. The molecule has 0 bridgehead atoms. The Morgan fingerprint density at radius 1 is 1.22 bits per heavy atom. The normalized spacial score (nSPS) is 12.5. The van der Waals surface area contributed by atoms with Gasteiger partial charge in [-0.15, -0.1) is 0 Å². The molecule has 1 aromatic carbocycles. The molecule has 0 aromatic heterocycles. The second-order valence-corrected chi connectivity index (χ2v) is 5.18. The van der Waals surface area contributed by atoms with Crippen molar-refractivity contribution in [2.45, 2.75) is 46.1 Å². The Balaban J connectivity index is 2.43. The van der Waals surface area contributed by atoms with E-state index in [0.29, 0.717) is 5.92 Å². The van der Waals surface area contributed by atoms with Crippen LogP contribution in [-0.2, 0) is 0 Å². The Labute approximate surface area is 109 Å². The van der Waals surface area contributed by atoms with Crippen molar-refractivity contribution in [1.82, 2.24) is 5.32 Å². The molecule has 0 saturated carbocycles. The monoisotopic (exact) mass is 251 g/mol. The van der Waals surface area contributed by atoms with Crippen molar-refractivity contribution in [3.63, 3.8) is 0 Å². The summed E-state index contributed by atoms with van der Waals surface area (Å²) in [5.74, 6) is -0.117. The summed E-state index contributed by atoms with van der Waals surface area (Å²) in [6, 6.07) is 6.14. The fraction of sp³-hybridized carbons (Fsp3) is 0.533. The van der Waals surface area contributed by atoms with Gasteiger partial charge in [-0.1, -0.05) is 38.8 Å². The summed E-state index contributed by atoms with van der Waals surface area (Å²) in [5.41, 5.74) is 0.119. The van der Waals surface area contributed by atoms with E-state index in [-0.39, 0.29) is 17.5 Å². The standard InChI is InChI=1S/C15H22FNO/c1-11(2)7-6-8-12(3)17-15(18)13-9-4-5-10-14(13)16/h4-5,9-12H,6-8H2,1-3H3,(H,17,18)/t12-/m1/s1. The van der Waals surface area contributed by atoms with Gasteiger partial charge in [0.1, 0.15) is 5.82 Å². The van der Waals surface area contributed by atoms with Gasteiger partial charge in [0.2, 0.25) is 0 Å². The molecule has 3 heteroatoms. The van der Waals surface area contributed by atoms with Crippen LogP contribution in [0.15, 0.2) is 24.3 Å². The zero-order valence-electron chi connectivity index (χ0n) is 11.4. The van der Waals surface area contributed by atoms with Crippen molar-refractivity contribution in [2.75, 3.05) is 0 Å². The Hall–Kier alpha value is -1.38. The maximum Gasteiger partial charge on any atom is 0.254 e. The third-order valence-electron chi connectivity index (χ3n) is 2.91. The summed E-state index contributed by atoms with van der Waals surface area (Å²) < 4.78 is 13.4. The highest BCUT2D eigenvalue weighted by atomic mass is 19.1. The average Bonchev–Trinajstić information content (AvgIpc) is 2.28. The highest BCUT2D eigenvalue weighted by Crippen LogP contribution is 2.10. The third kappa shape index (κ3) is 4.86. The number of amides is 1. The van der Waals surface area contributed by atoms with Gasteiger partial charge >= 0.3 is 0 Å². The lowest BCUT2D eigenvalue weighted by atomic mass is 10.0. The van der Waals surface area contributed by atoms with E-state index in [1.807, 2.05) is 6.92 Å². The summed E-state index contributed by atoms with van der Waals surface area (Å²) in [6.45, 7) is 6.32. The van der Waals surface area contributed by atoms with Crippen LogP contribution < -0.4 is 5.32 Å². The van der Waals surface area contributed by atoms with Gasteiger partial charge in [0.25, 0.3) is 5.91 Å². The number of rotatable bonds is 6. The average molecular weight is 251 g/mol. The Morgan fingerprint density at radius 3 is 2.50 bits per heavy atom. The number of benzene rings is 1. The fourth-order valence-electron chi connectivity index (χ4n) is 1.85. The summed E-state index contributed by atoms with van der Waals surface area (Å²) in [5, 5.41) is 2.83. The zero-order chi connectivity index (χ0) is 13.5. The van der Waals surface area contributed by atoms with Gasteiger partial charge in [0.05, 0.1) is 5.56 Å². The Bertz CT molecular complexity index is 390. The number of hydrogen-bond acceptors (Lipinski definition) is 1. The van der Waals surface area contributed by atoms with E-state index >= 15 is 0 Å². The van der Waals surface area contributed by atoms with Gasteiger partial charge in [0, 0.05) is 6.04 Å². The molecule has 0 heterocycles. The van der Waals surface area contributed by atoms with E-state index in [2.05, 4.69) is 19.2 Å². The first-order chi connectivity index (χ1) is 8.50. The smallest absolute Gasteiger partial charge is 0.254 e. The minimum Gasteiger partial charge on any atom is -0.349 e. The molecule has 18 heavy (non-hydrogen) atoms. The SMILES string of the molecule is CC(C)CCC[C@@H](C)NC(=O)c1ccccc1F. The maximum atomic E-state index is 13.4. The van der Waals surface area contributed by atoms with Gasteiger partial charge in [-0.25, -0.2) is 4.39 Å². The van der Waals surface area contributed by atoms with Crippen LogP contribution in [0.3, 0.4) is 0 Å². The minimum atomic E-state index is -0.468. The molecule has 100 valence electrons. The maximum absolute atomic E-state index is 13.4. The minimum absolute atomic E-state index is 0.0795. The van der Waals surface area contributed by atoms with Crippen LogP contribution in [-0.4, -0.2) is 11.9 Å². The van der Waals surface area contributed by atoms with E-state index in [0.717, 1.165) is 19.3 Å². The number of hydrogen-bond donors (Lipinski definition) is 1. The third-order valence-corrected chi connectivity index (χ3v) is 2.91. The molecule has 0 unspecified atom stereocenters. The van der Waals surface area contributed by atoms with Crippen LogP contribution in [0.2, 0.25) is 0 Å². The number of nitrogens with one attached hydrogen (secondary N) is 1. The van der Waals surface area contributed by atoms with E-state index in [9.17, 15) is 9.18 Å². The molecule has 1 rings (SSSR count). The largest absolute Gasteiger partial charge is 0.349 e. The van der Waals surface area contributed by atoms with Crippen LogP contribution >= 0.6 is 0 Å². The molecular weight excluding hydrogens is 229 g/mol. The Kier molecular flexibility index (Phi) is 5.83. The molecule has 0 saturated heterocycles. The van der Waals surface area contributed by atoms with Crippen molar-refractivity contribution in [2.24, 2.45) is 5.92 Å². The van der Waals surface area contributed by atoms with Crippen LogP contribution in [0.25, 0.3) is 0 Å². The summed E-state index contributed by atoms with van der Waals surface area (Å²) in [4.78, 5) is 11.8. The highest BCUT2D eigenvalue weighted by molar-refractivity contribution is 5.94. The van der Waals surface area contributed by atoms with Crippen LogP contribution in [0.5, 0.6) is 0 Å². The number of carbonyl (C=O) groups excluding carboxylic acids is 1. The second-order valence-electron chi connectivity index (χ2n) is 5.18. The van der Waals surface area contributed by atoms with E-state index in [1.54, 1.807) is 12.1 Å². The van der Waals surface area contributed by atoms with Crippen molar-refractivity contribution in [3.05, 3.63) is 35.6 Å². The number of halogens is 1. The molecule has 0 spiro atoms. The highest BCUT2D eigenvalue weighted by Gasteiger charge is 2.13. The summed E-state index contributed by atoms with van der Waals surface area (Å²) in [7, 11) is 0. The lowest BCUT2D eigenvalue weighted by Crippen LogP contribution is -2.33. The van der Waals surface area contributed by atoms with Crippen molar-refractivity contribution < 1.29 is 9.18 Å². The van der Waals surface area contributed by atoms with Gasteiger partial charge in [-0.3, -0.25) is 4.79 Å². The van der Waals surface area contributed by atoms with Crippen LogP contribution in [0.1, 0.15) is 50.4 Å². The lowest BCUT2D eigenvalue weighted by Gasteiger charge is -2.14. The summed E-state index contributed by atoms with van der Waals surface area (Å²) in [6.07, 6.45) is 3.16. The number of carbonyl (C=O) groups is 1. The van der Waals surface area contributed by atoms with Gasteiger partial charge in [0.15, 0.2) is 0 Å². The van der Waals surface area contributed by atoms with Crippen molar-refractivity contribution in [1.29, 1.82) is 0 Å². The molecule has 0 radical (unpaired) electrons. The molecule has 1 N–H and O–H groups in total. The van der Waals surface area contributed by atoms with Crippen LogP contribution in [0.4, 0.5) is 4.39 Å². The predicted octanol–water partition coefficient (Wildman–Crippen LogP) is 3.77. The van der Waals surface area contributed by atoms with E-state index < -0.39 is 5.82 Å². The topological polar surface area (TPSA) is 29.1 Å². The molecule has 2 nitrogen and oxygen atoms in total. The van der Waals surface area contributed by atoms with Crippen molar-refractivity contribution in [3.8, 4) is 0 Å². The molecule has 0 aliphatic carbocycles. The van der Waals surface area contributed by atoms with Gasteiger partial charge in [-0.05, 0) is 31.4 Å².